The van der Waals surface area contributed by atoms with Gasteiger partial charge in [-0.2, -0.15) is 0 Å². The van der Waals surface area contributed by atoms with Crippen LogP contribution in [0.1, 0.15) is 13.8 Å². The number of methoxy groups -OCH3 is 1. The Kier molecular flexibility index (Phi) is 12.3. The van der Waals surface area contributed by atoms with Gasteiger partial charge in [0.25, 0.3) is 0 Å². The molecule has 0 fully saturated rings. The molecule has 0 saturated heterocycles. The predicted molar refractivity (Wildman–Crippen MR) is 67.2 cm³/mol. The number of halogens is 1. The Morgan fingerprint density at radius 3 is 2.12 bits per heavy atom. The van der Waals surface area contributed by atoms with E-state index in [1.54, 1.807) is 0 Å². The Morgan fingerprint density at radius 1 is 1.12 bits per heavy atom. The lowest BCUT2D eigenvalue weighted by molar-refractivity contribution is -0.139. The van der Waals surface area contributed by atoms with Crippen LogP contribution in [0.3, 0.4) is 0 Å². The van der Waals surface area contributed by atoms with E-state index in [0.29, 0.717) is 13.2 Å². The number of hydrogen-bond donors (Lipinski definition) is 0. The fourth-order valence-electron chi connectivity index (χ4n) is 1.07. The van der Waals surface area contributed by atoms with Gasteiger partial charge in [-0.15, -0.1) is 12.4 Å². The van der Waals surface area contributed by atoms with Crippen LogP contribution >= 0.6 is 12.4 Å². The average molecular weight is 266 g/mol. The Bertz CT molecular complexity index is 252. The minimum Gasteiger partial charge on any atom is -0.466 e. The fraction of sp³-hybridized carbons (Fsp3) is 0.636. The van der Waals surface area contributed by atoms with E-state index >= 15 is 0 Å². The van der Waals surface area contributed by atoms with Crippen molar-refractivity contribution in [1.29, 1.82) is 0 Å². The molecule has 5 nitrogen and oxygen atoms in total. The molecule has 0 spiro atoms. The fourth-order valence-corrected chi connectivity index (χ4v) is 1.07. The summed E-state index contributed by atoms with van der Waals surface area (Å²) in [6, 6.07) is 0. The molecule has 0 aromatic rings. The van der Waals surface area contributed by atoms with E-state index in [0.717, 1.165) is 25.2 Å². The number of esters is 2. The van der Waals surface area contributed by atoms with Crippen LogP contribution in [-0.2, 0) is 19.1 Å². The molecule has 0 saturated carbocycles. The zero-order valence-corrected chi connectivity index (χ0v) is 11.3. The number of nitrogens with zero attached hydrogens (tertiary/aromatic N) is 1. The van der Waals surface area contributed by atoms with E-state index in [4.69, 9.17) is 4.74 Å². The molecule has 0 aromatic heterocycles. The van der Waals surface area contributed by atoms with Crippen molar-refractivity contribution in [2.45, 2.75) is 13.8 Å². The molecule has 0 heterocycles. The van der Waals surface area contributed by atoms with Crippen LogP contribution in [0.15, 0.2) is 12.2 Å². The Balaban J connectivity index is 0. The van der Waals surface area contributed by atoms with E-state index in [2.05, 4.69) is 9.64 Å². The summed E-state index contributed by atoms with van der Waals surface area (Å²) in [5, 5.41) is 0. The normalized spacial score (nSPS) is 10.1. The van der Waals surface area contributed by atoms with Gasteiger partial charge in [0.2, 0.25) is 0 Å². The van der Waals surface area contributed by atoms with E-state index in [9.17, 15) is 9.59 Å². The first-order chi connectivity index (χ1) is 7.63. The van der Waals surface area contributed by atoms with E-state index in [-0.39, 0.29) is 12.4 Å². The van der Waals surface area contributed by atoms with Crippen molar-refractivity contribution in [3.63, 3.8) is 0 Å². The lowest BCUT2D eigenvalue weighted by Crippen LogP contribution is -2.27. The molecule has 0 bridgehead atoms. The summed E-state index contributed by atoms with van der Waals surface area (Å²) in [6.07, 6.45) is 2.10. The molecule has 0 radical (unpaired) electrons. The third-order valence-corrected chi connectivity index (χ3v) is 2.10. The Labute approximate surface area is 108 Å². The number of rotatable bonds is 7. The van der Waals surface area contributed by atoms with Crippen LogP contribution < -0.4 is 0 Å². The molecule has 6 heteroatoms. The lowest BCUT2D eigenvalue weighted by atomic mass is 10.5. The number of carbonyl (C=O) groups is 2. The van der Waals surface area contributed by atoms with Gasteiger partial charge in [-0.05, 0) is 13.1 Å². The van der Waals surface area contributed by atoms with Crippen LogP contribution in [0.25, 0.3) is 0 Å². The molecule has 100 valence electrons. The maximum absolute atomic E-state index is 11.1. The molecular formula is C11H20ClNO4. The molecule has 0 amide bonds. The summed E-state index contributed by atoms with van der Waals surface area (Å²) in [6.45, 7) is 6.96. The highest BCUT2D eigenvalue weighted by Gasteiger charge is 2.02. The summed E-state index contributed by atoms with van der Waals surface area (Å²) in [4.78, 5) is 23.9. The first-order valence-electron chi connectivity index (χ1n) is 5.29. The van der Waals surface area contributed by atoms with Crippen molar-refractivity contribution < 1.29 is 19.1 Å². The van der Waals surface area contributed by atoms with Gasteiger partial charge in [0.1, 0.15) is 6.61 Å². The third kappa shape index (κ3) is 9.84. The molecule has 0 aliphatic rings. The van der Waals surface area contributed by atoms with Crippen LogP contribution in [0.2, 0.25) is 0 Å². The van der Waals surface area contributed by atoms with Crippen molar-refractivity contribution in [3.05, 3.63) is 12.2 Å². The first kappa shape index (κ1) is 18.3. The summed E-state index contributed by atoms with van der Waals surface area (Å²) in [7, 11) is 1.25. The van der Waals surface area contributed by atoms with Crippen LogP contribution in [0, 0.1) is 0 Å². The molecule has 0 N–H and O–H groups in total. The van der Waals surface area contributed by atoms with Gasteiger partial charge in [-0.3, -0.25) is 0 Å². The molecule has 0 aliphatic carbocycles. The zero-order valence-electron chi connectivity index (χ0n) is 10.5. The molecule has 0 unspecified atom stereocenters. The largest absolute Gasteiger partial charge is 0.466 e. The van der Waals surface area contributed by atoms with E-state index in [1.165, 1.54) is 7.11 Å². The minimum absolute atomic E-state index is 0. The smallest absolute Gasteiger partial charge is 0.331 e. The quantitative estimate of drug-likeness (QED) is 0.508. The second-order valence-electron chi connectivity index (χ2n) is 3.05. The van der Waals surface area contributed by atoms with E-state index in [1.807, 2.05) is 13.8 Å². The van der Waals surface area contributed by atoms with Crippen molar-refractivity contribution in [1.82, 2.24) is 4.90 Å². The van der Waals surface area contributed by atoms with Gasteiger partial charge in [0.05, 0.1) is 7.11 Å². The Morgan fingerprint density at radius 2 is 1.65 bits per heavy atom. The van der Waals surface area contributed by atoms with Gasteiger partial charge in [-0.25, -0.2) is 9.59 Å². The summed E-state index contributed by atoms with van der Waals surface area (Å²) >= 11 is 0. The highest BCUT2D eigenvalue weighted by molar-refractivity contribution is 5.91. The molecular weight excluding hydrogens is 246 g/mol. The van der Waals surface area contributed by atoms with Crippen LogP contribution in [0.5, 0.6) is 0 Å². The molecule has 0 atom stereocenters. The van der Waals surface area contributed by atoms with Crippen LogP contribution in [0.4, 0.5) is 0 Å². The third-order valence-electron chi connectivity index (χ3n) is 2.10. The van der Waals surface area contributed by atoms with Gasteiger partial charge >= 0.3 is 11.9 Å². The van der Waals surface area contributed by atoms with Crippen molar-refractivity contribution in [2.75, 3.05) is 33.4 Å². The highest BCUT2D eigenvalue weighted by atomic mass is 35.5. The standard InChI is InChI=1S/C11H19NO4.ClH/c1-4-12(5-2)8-9-16-11(14)7-6-10(13)15-3;/h6-7H,4-5,8-9H2,1-3H3;1H/b7-6+;. The van der Waals surface area contributed by atoms with Gasteiger partial charge in [0, 0.05) is 18.7 Å². The SMILES string of the molecule is CCN(CC)CCOC(=O)/C=C/C(=O)OC.Cl. The van der Waals surface area contributed by atoms with Crippen LogP contribution in [-0.4, -0.2) is 50.2 Å². The Hall–Kier alpha value is -1.07. The summed E-state index contributed by atoms with van der Waals surface area (Å²) in [5.41, 5.74) is 0. The maximum Gasteiger partial charge on any atom is 0.331 e. The van der Waals surface area contributed by atoms with Crippen molar-refractivity contribution >= 4 is 24.3 Å². The lowest BCUT2D eigenvalue weighted by Gasteiger charge is -2.16. The zero-order chi connectivity index (χ0) is 12.4. The summed E-state index contributed by atoms with van der Waals surface area (Å²) < 4.78 is 9.23. The van der Waals surface area contributed by atoms with Crippen molar-refractivity contribution in [2.24, 2.45) is 0 Å². The minimum atomic E-state index is -0.569. The first-order valence-corrected chi connectivity index (χ1v) is 5.29. The second-order valence-corrected chi connectivity index (χ2v) is 3.05. The molecule has 0 aromatic carbocycles. The molecule has 17 heavy (non-hydrogen) atoms. The number of likely N-dealkylation sites (N-methyl/N-ethyl adjacent to an activating group) is 1. The van der Waals surface area contributed by atoms with E-state index < -0.39 is 11.9 Å². The molecule has 0 aliphatic heterocycles. The highest BCUT2D eigenvalue weighted by Crippen LogP contribution is 1.89. The monoisotopic (exact) mass is 265 g/mol. The maximum atomic E-state index is 11.1. The van der Waals surface area contributed by atoms with Gasteiger partial charge in [-0.1, -0.05) is 13.8 Å². The summed E-state index contributed by atoms with van der Waals surface area (Å²) in [5.74, 6) is -1.10. The average Bonchev–Trinajstić information content (AvgIpc) is 2.31. The number of ether oxygens (including phenoxy) is 2. The van der Waals surface area contributed by atoms with Gasteiger partial charge in [0.15, 0.2) is 0 Å². The van der Waals surface area contributed by atoms with Crippen molar-refractivity contribution in [3.8, 4) is 0 Å². The molecule has 0 rings (SSSR count). The van der Waals surface area contributed by atoms with Gasteiger partial charge < -0.3 is 14.4 Å². The predicted octanol–water partition coefficient (Wildman–Crippen LogP) is 1.02. The topological polar surface area (TPSA) is 55.8 Å². The number of hydrogen-bond acceptors (Lipinski definition) is 5. The number of carbonyl (C=O) groups excluding carboxylic acids is 2. The second kappa shape index (κ2) is 11.4.